The smallest absolute Gasteiger partial charge is 0.346 e. The summed E-state index contributed by atoms with van der Waals surface area (Å²) < 4.78 is 0. The topological polar surface area (TPSA) is 111 Å². The van der Waals surface area contributed by atoms with Gasteiger partial charge in [0, 0.05) is 26.8 Å². The second-order valence-electron chi connectivity index (χ2n) is 14.1. The van der Waals surface area contributed by atoms with E-state index in [2.05, 4.69) is 17.9 Å². The van der Waals surface area contributed by atoms with Gasteiger partial charge in [-0.05, 0) is 138 Å². The zero-order chi connectivity index (χ0) is 35.9. The van der Waals surface area contributed by atoms with Crippen molar-refractivity contribution >= 4 is 51.8 Å². The molecule has 0 saturated heterocycles. The molecule has 9 heteroatoms. The van der Waals surface area contributed by atoms with Gasteiger partial charge in [0.05, 0.1) is 22.5 Å². The largest absolute Gasteiger partial charge is 0.477 e. The molecule has 0 atom stereocenters. The molecule has 4 rings (SSSR count). The fourth-order valence-electron chi connectivity index (χ4n) is 5.39. The van der Waals surface area contributed by atoms with Crippen molar-refractivity contribution in [1.29, 1.82) is 5.26 Å². The average molecular weight is 679 g/mol. The molecule has 0 aliphatic heterocycles. The summed E-state index contributed by atoms with van der Waals surface area (Å²) in [4.78, 5) is 15.5. The van der Waals surface area contributed by atoms with Crippen molar-refractivity contribution in [3.05, 3.63) is 94.9 Å². The first-order valence-electron chi connectivity index (χ1n) is 16.7. The molecular formula is C40H46N4O4S. The second-order valence-corrected chi connectivity index (χ2v) is 15.2. The third-order valence-electron chi connectivity index (χ3n) is 8.08. The van der Waals surface area contributed by atoms with E-state index in [9.17, 15) is 25.6 Å². The molecule has 0 spiro atoms. The van der Waals surface area contributed by atoms with Crippen molar-refractivity contribution in [2.45, 2.75) is 91.6 Å². The molecule has 0 bridgehead atoms. The highest BCUT2D eigenvalue weighted by molar-refractivity contribution is 7.16. The summed E-state index contributed by atoms with van der Waals surface area (Å²) in [7, 11) is 0. The van der Waals surface area contributed by atoms with Crippen molar-refractivity contribution < 1.29 is 20.3 Å². The van der Waals surface area contributed by atoms with E-state index in [1.165, 1.54) is 17.4 Å². The summed E-state index contributed by atoms with van der Waals surface area (Å²) in [5.74, 6) is -1.23. The Bertz CT molecular complexity index is 1710. The summed E-state index contributed by atoms with van der Waals surface area (Å²) in [6.07, 6.45) is 6.64. The van der Waals surface area contributed by atoms with Crippen molar-refractivity contribution in [1.82, 2.24) is 0 Å². The quantitative estimate of drug-likeness (QED) is 0.0652. The number of carbonyl (C=O) groups is 1. The number of thiophene rings is 1. The minimum Gasteiger partial charge on any atom is -0.477 e. The number of benzene rings is 3. The van der Waals surface area contributed by atoms with Crippen molar-refractivity contribution in [3.63, 3.8) is 0 Å². The molecule has 4 aromatic rings. The second kappa shape index (κ2) is 15.7. The van der Waals surface area contributed by atoms with Gasteiger partial charge in [0.15, 0.2) is 0 Å². The lowest BCUT2D eigenvalue weighted by Crippen LogP contribution is -2.37. The third-order valence-corrected chi connectivity index (χ3v) is 9.25. The van der Waals surface area contributed by atoms with Crippen LogP contribution in [0.5, 0.6) is 0 Å². The van der Waals surface area contributed by atoms with Crippen molar-refractivity contribution in [2.75, 3.05) is 15.0 Å². The number of rotatable bonds is 13. The Labute approximate surface area is 294 Å². The molecule has 0 fully saturated rings. The summed E-state index contributed by atoms with van der Waals surface area (Å²) >= 11 is 1.48. The van der Waals surface area contributed by atoms with Crippen LogP contribution in [0.1, 0.15) is 84.6 Å². The van der Waals surface area contributed by atoms with Crippen molar-refractivity contribution in [2.24, 2.45) is 0 Å². The number of nitrogens with zero attached hydrogens (tertiary/aromatic N) is 4. The van der Waals surface area contributed by atoms with Crippen LogP contribution in [-0.4, -0.2) is 22.2 Å². The van der Waals surface area contributed by atoms with Gasteiger partial charge < -0.3 is 10.0 Å². The van der Waals surface area contributed by atoms with Gasteiger partial charge in [-0.15, -0.1) is 11.3 Å². The number of hydrogen-bond donors (Lipinski definition) is 1. The van der Waals surface area contributed by atoms with Gasteiger partial charge in [0.2, 0.25) is 0 Å². The predicted octanol–water partition coefficient (Wildman–Crippen LogP) is 10.9. The summed E-state index contributed by atoms with van der Waals surface area (Å²) in [6.45, 7) is 13.4. The zero-order valence-corrected chi connectivity index (χ0v) is 30.3. The lowest BCUT2D eigenvalue weighted by atomic mass is 10.0. The van der Waals surface area contributed by atoms with Crippen LogP contribution in [0.3, 0.4) is 0 Å². The maximum atomic E-state index is 12.9. The first-order chi connectivity index (χ1) is 23.1. The van der Waals surface area contributed by atoms with E-state index in [0.717, 1.165) is 80.2 Å². The van der Waals surface area contributed by atoms with Crippen LogP contribution in [0, 0.1) is 11.3 Å². The Morgan fingerprint density at radius 3 is 1.61 bits per heavy atom. The Balaban J connectivity index is 1.74. The van der Waals surface area contributed by atoms with Crippen LogP contribution < -0.4 is 15.0 Å². The minimum atomic E-state index is -1.23. The fraction of sp³-hybridized carbons (Fsp3) is 0.350. The van der Waals surface area contributed by atoms with Gasteiger partial charge in [-0.25, -0.2) is 14.9 Å². The molecule has 49 heavy (non-hydrogen) atoms. The fourth-order valence-corrected chi connectivity index (χ4v) is 6.55. The average Bonchev–Trinajstić information content (AvgIpc) is 3.47. The normalized spacial score (nSPS) is 12.0. The van der Waals surface area contributed by atoms with E-state index in [1.807, 2.05) is 120 Å². The van der Waals surface area contributed by atoms with Crippen LogP contribution in [0.25, 0.3) is 16.5 Å². The number of carboxylic acid groups (broad SMARTS) is 1. The molecule has 0 saturated carbocycles. The molecule has 3 aromatic carbocycles. The summed E-state index contributed by atoms with van der Waals surface area (Å²) in [5.41, 5.74) is 4.26. The van der Waals surface area contributed by atoms with E-state index in [1.54, 1.807) is 0 Å². The molecule has 0 aliphatic rings. The lowest BCUT2D eigenvalue weighted by Gasteiger charge is -2.31. The van der Waals surface area contributed by atoms with Crippen LogP contribution in [-0.2, 0) is 21.6 Å². The molecule has 0 unspecified atom stereocenters. The number of hydroxylamine groups is 2. The summed E-state index contributed by atoms with van der Waals surface area (Å²) in [5, 5.41) is 46.7. The van der Waals surface area contributed by atoms with Gasteiger partial charge in [-0.2, -0.15) is 5.26 Å². The molecule has 2 radical (unpaired) electrons. The van der Waals surface area contributed by atoms with Crippen LogP contribution >= 0.6 is 11.3 Å². The molecule has 1 N–H and O–H groups in total. The van der Waals surface area contributed by atoms with Crippen molar-refractivity contribution in [3.8, 4) is 16.5 Å². The number of aryl methyl sites for hydroxylation is 1. The monoisotopic (exact) mass is 678 g/mol. The van der Waals surface area contributed by atoms with Gasteiger partial charge in [0.25, 0.3) is 0 Å². The zero-order valence-electron chi connectivity index (χ0n) is 29.5. The van der Waals surface area contributed by atoms with Crippen LogP contribution in [0.2, 0.25) is 0 Å². The number of anilines is 5. The summed E-state index contributed by atoms with van der Waals surface area (Å²) in [6, 6.07) is 27.0. The number of carboxylic acids is 1. The predicted molar refractivity (Wildman–Crippen MR) is 199 cm³/mol. The first-order valence-corrected chi connectivity index (χ1v) is 17.5. The molecule has 1 heterocycles. The number of nitriles is 1. The van der Waals surface area contributed by atoms with Crippen LogP contribution in [0.15, 0.2) is 84.4 Å². The Morgan fingerprint density at radius 1 is 0.755 bits per heavy atom. The van der Waals surface area contributed by atoms with Gasteiger partial charge >= 0.3 is 5.97 Å². The Hall–Kier alpha value is -4.62. The van der Waals surface area contributed by atoms with E-state index in [4.69, 9.17) is 0 Å². The molecule has 0 aliphatic carbocycles. The maximum absolute atomic E-state index is 12.9. The molecule has 256 valence electrons. The first kappa shape index (κ1) is 37.2. The number of unbranched alkanes of at least 4 members (excludes halogenated alkanes) is 3. The molecule has 0 amide bonds. The van der Waals surface area contributed by atoms with Gasteiger partial charge in [-0.3, -0.25) is 0 Å². The number of aliphatic carboxylic acids is 1. The highest BCUT2D eigenvalue weighted by atomic mass is 32.1. The standard InChI is InChI=1S/C40H46N4O4S/c1-8-9-10-11-12-29-25-36(49-37(29)26-30(27-41)38(45)46)28-13-15-31(16-14-28)42(32-17-21-34(22-18-32)43(47)39(2,3)4)33-19-23-35(24-20-33)44(48)40(5,6)7/h13-26H,8-12H2,1-7H3,(H,45,46)/b30-26+. The highest BCUT2D eigenvalue weighted by Gasteiger charge is 2.24. The maximum Gasteiger partial charge on any atom is 0.346 e. The Morgan fingerprint density at radius 2 is 1.20 bits per heavy atom. The van der Waals surface area contributed by atoms with Gasteiger partial charge in [-0.1, -0.05) is 48.7 Å². The van der Waals surface area contributed by atoms with Gasteiger partial charge in [0.1, 0.15) is 11.6 Å². The van der Waals surface area contributed by atoms with E-state index in [-0.39, 0.29) is 5.57 Å². The Kier molecular flexibility index (Phi) is 11.9. The lowest BCUT2D eigenvalue weighted by molar-refractivity contribution is -0.132. The van der Waals surface area contributed by atoms with Crippen LogP contribution in [0.4, 0.5) is 28.4 Å². The van der Waals surface area contributed by atoms with E-state index >= 15 is 0 Å². The molecule has 1 aromatic heterocycles. The minimum absolute atomic E-state index is 0.281. The molecular weight excluding hydrogens is 633 g/mol. The number of hydrogen-bond acceptors (Lipinski definition) is 6. The van der Waals surface area contributed by atoms with E-state index < -0.39 is 17.0 Å². The SMILES string of the molecule is CCCCCCc1cc(-c2ccc(N(c3ccc(N([O])C(C)(C)C)cc3)c3ccc(N([O])C(C)(C)C)cc3)cc2)sc1/C=C(\C#N)C(=O)O. The van der Waals surface area contributed by atoms with E-state index in [0.29, 0.717) is 11.4 Å². The molecule has 8 nitrogen and oxygen atoms in total. The highest BCUT2D eigenvalue weighted by Crippen LogP contribution is 2.40. The third kappa shape index (κ3) is 9.30.